The first-order valence-electron chi connectivity index (χ1n) is 5.38. The molecule has 1 fully saturated rings. The van der Waals surface area contributed by atoms with E-state index in [0.29, 0.717) is 18.4 Å². The fourth-order valence-corrected chi connectivity index (χ4v) is 3.05. The SMILES string of the molecule is Cc1cc(C2(S(=O)[O-])CC2)c([N+](=O)[O-])cc1C(=O)Cl. The Morgan fingerprint density at radius 2 is 2.05 bits per heavy atom. The molecule has 1 unspecified atom stereocenters. The van der Waals surface area contributed by atoms with Gasteiger partial charge in [0.25, 0.3) is 10.9 Å². The Morgan fingerprint density at radius 3 is 2.42 bits per heavy atom. The van der Waals surface area contributed by atoms with Crippen LogP contribution in [-0.2, 0) is 15.8 Å². The Kier molecular flexibility index (Phi) is 3.46. The number of aryl methyl sites for hydroxylation is 1. The summed E-state index contributed by atoms with van der Waals surface area (Å²) in [5.74, 6) is 0. The fourth-order valence-electron chi connectivity index (χ4n) is 2.06. The van der Waals surface area contributed by atoms with E-state index in [1.165, 1.54) is 6.07 Å². The zero-order valence-corrected chi connectivity index (χ0v) is 11.4. The molecule has 0 amide bonds. The molecular formula is C11H9ClNO5S-. The number of nitrogens with zero attached hydrogens (tertiary/aromatic N) is 1. The van der Waals surface area contributed by atoms with Gasteiger partial charge in [-0.1, -0.05) is 0 Å². The van der Waals surface area contributed by atoms with Gasteiger partial charge in [0, 0.05) is 17.2 Å². The van der Waals surface area contributed by atoms with Gasteiger partial charge in [0.15, 0.2) is 0 Å². The van der Waals surface area contributed by atoms with Crippen molar-refractivity contribution in [2.75, 3.05) is 0 Å². The van der Waals surface area contributed by atoms with Gasteiger partial charge in [-0.3, -0.25) is 19.1 Å². The minimum absolute atomic E-state index is 0.0181. The maximum Gasteiger partial charge on any atom is 0.274 e. The van der Waals surface area contributed by atoms with Gasteiger partial charge in [-0.25, -0.2) is 0 Å². The number of hydrogen-bond donors (Lipinski definition) is 0. The smallest absolute Gasteiger partial charge is 0.274 e. The molecule has 1 aliphatic carbocycles. The van der Waals surface area contributed by atoms with Crippen LogP contribution in [0.4, 0.5) is 5.69 Å². The molecule has 19 heavy (non-hydrogen) atoms. The van der Waals surface area contributed by atoms with Crippen molar-refractivity contribution in [2.45, 2.75) is 24.5 Å². The van der Waals surface area contributed by atoms with E-state index in [1.807, 2.05) is 0 Å². The third-order valence-electron chi connectivity index (χ3n) is 3.27. The molecule has 0 bridgehead atoms. The van der Waals surface area contributed by atoms with Crippen LogP contribution in [0.2, 0.25) is 0 Å². The first-order valence-corrected chi connectivity index (χ1v) is 6.83. The molecule has 0 aromatic heterocycles. The normalized spacial score (nSPS) is 17.8. The summed E-state index contributed by atoms with van der Waals surface area (Å²) in [6, 6.07) is 2.42. The third-order valence-corrected chi connectivity index (χ3v) is 4.73. The van der Waals surface area contributed by atoms with E-state index in [1.54, 1.807) is 6.92 Å². The Hall–Kier alpha value is -1.31. The predicted molar refractivity (Wildman–Crippen MR) is 67.8 cm³/mol. The summed E-state index contributed by atoms with van der Waals surface area (Å²) in [7, 11) is 0. The molecule has 0 aliphatic heterocycles. The summed E-state index contributed by atoms with van der Waals surface area (Å²) < 4.78 is 21.4. The number of halogens is 1. The van der Waals surface area contributed by atoms with Crippen molar-refractivity contribution in [3.05, 3.63) is 38.9 Å². The van der Waals surface area contributed by atoms with Crippen molar-refractivity contribution in [3.8, 4) is 0 Å². The molecule has 1 atom stereocenters. The van der Waals surface area contributed by atoms with E-state index in [0.717, 1.165) is 6.07 Å². The topological polar surface area (TPSA) is 100 Å². The second-order valence-corrected chi connectivity index (χ2v) is 6.04. The number of hydrogen-bond acceptors (Lipinski definition) is 5. The van der Waals surface area contributed by atoms with Crippen molar-refractivity contribution in [1.29, 1.82) is 0 Å². The van der Waals surface area contributed by atoms with Gasteiger partial charge in [-0.05, 0) is 54.1 Å². The van der Waals surface area contributed by atoms with Crippen LogP contribution < -0.4 is 0 Å². The number of nitro benzene ring substituents is 1. The van der Waals surface area contributed by atoms with Crippen molar-refractivity contribution in [1.82, 2.24) is 0 Å². The minimum atomic E-state index is -2.44. The lowest BCUT2D eigenvalue weighted by molar-refractivity contribution is -0.385. The Labute approximate surface area is 116 Å². The van der Waals surface area contributed by atoms with Crippen LogP contribution in [0, 0.1) is 17.0 Å². The van der Waals surface area contributed by atoms with Gasteiger partial charge in [-0.15, -0.1) is 0 Å². The average Bonchev–Trinajstić information content (AvgIpc) is 3.08. The van der Waals surface area contributed by atoms with Gasteiger partial charge in [0.05, 0.1) is 9.67 Å². The molecule has 1 saturated carbocycles. The highest BCUT2D eigenvalue weighted by molar-refractivity contribution is 7.80. The molecule has 6 nitrogen and oxygen atoms in total. The highest BCUT2D eigenvalue weighted by Crippen LogP contribution is 2.53. The van der Waals surface area contributed by atoms with Crippen LogP contribution >= 0.6 is 11.6 Å². The number of rotatable bonds is 4. The molecule has 0 radical (unpaired) electrons. The molecule has 1 aliphatic rings. The molecule has 0 saturated heterocycles. The second kappa shape index (κ2) is 4.66. The van der Waals surface area contributed by atoms with E-state index in [9.17, 15) is 23.7 Å². The van der Waals surface area contributed by atoms with Gasteiger partial charge < -0.3 is 4.55 Å². The summed E-state index contributed by atoms with van der Waals surface area (Å²) in [6.45, 7) is 1.56. The molecule has 2 rings (SSSR count). The lowest BCUT2D eigenvalue weighted by atomic mass is 10.0. The van der Waals surface area contributed by atoms with Crippen molar-refractivity contribution in [3.63, 3.8) is 0 Å². The van der Waals surface area contributed by atoms with Gasteiger partial charge in [-0.2, -0.15) is 0 Å². The van der Waals surface area contributed by atoms with Gasteiger partial charge >= 0.3 is 0 Å². The maximum absolute atomic E-state index is 11.3. The summed E-state index contributed by atoms with van der Waals surface area (Å²) in [6.07, 6.45) is 0.690. The molecule has 8 heteroatoms. The highest BCUT2D eigenvalue weighted by Gasteiger charge is 2.50. The Morgan fingerprint density at radius 1 is 1.47 bits per heavy atom. The predicted octanol–water partition coefficient (Wildman–Crippen LogP) is 2.15. The number of carbonyl (C=O) groups is 1. The first-order chi connectivity index (χ1) is 8.79. The zero-order valence-electron chi connectivity index (χ0n) is 9.84. The first kappa shape index (κ1) is 14.1. The van der Waals surface area contributed by atoms with Gasteiger partial charge in [0.2, 0.25) is 0 Å². The number of carbonyl (C=O) groups excluding carboxylic acids is 1. The van der Waals surface area contributed by atoms with Crippen LogP contribution in [0.3, 0.4) is 0 Å². The highest BCUT2D eigenvalue weighted by atomic mass is 35.5. The molecular weight excluding hydrogens is 294 g/mol. The third kappa shape index (κ3) is 2.29. The Balaban J connectivity index is 2.68. The largest absolute Gasteiger partial charge is 0.772 e. The molecule has 0 heterocycles. The molecule has 102 valence electrons. The average molecular weight is 303 g/mol. The summed E-state index contributed by atoms with van der Waals surface area (Å²) in [5.41, 5.74) is 0.197. The number of benzene rings is 1. The molecule has 1 aromatic carbocycles. The summed E-state index contributed by atoms with van der Waals surface area (Å²) in [4.78, 5) is 21.5. The zero-order chi connectivity index (χ0) is 14.4. The molecule has 0 spiro atoms. The summed E-state index contributed by atoms with van der Waals surface area (Å²) in [5, 5.41) is 10.2. The van der Waals surface area contributed by atoms with Gasteiger partial charge in [0.1, 0.15) is 0 Å². The standard InChI is InChI=1S/C11H10ClNO5S/c1-6-4-8(11(2-3-11)19(17)18)9(13(15)16)5-7(6)10(12)14/h4-5H,2-3H2,1H3,(H,17,18)/p-1. The van der Waals surface area contributed by atoms with Crippen molar-refractivity contribution in [2.24, 2.45) is 0 Å². The van der Waals surface area contributed by atoms with Crippen LogP contribution in [0.5, 0.6) is 0 Å². The number of nitro groups is 1. The van der Waals surface area contributed by atoms with Crippen LogP contribution in [0.1, 0.15) is 34.3 Å². The molecule has 1 aromatic rings. The van der Waals surface area contributed by atoms with Crippen molar-refractivity contribution < 1.29 is 18.5 Å². The van der Waals surface area contributed by atoms with E-state index in [-0.39, 0.29) is 16.8 Å². The van der Waals surface area contributed by atoms with E-state index in [2.05, 4.69) is 0 Å². The minimum Gasteiger partial charge on any atom is -0.772 e. The second-order valence-electron chi connectivity index (χ2n) is 4.44. The maximum atomic E-state index is 11.3. The van der Waals surface area contributed by atoms with Crippen LogP contribution in [-0.4, -0.2) is 18.9 Å². The van der Waals surface area contributed by atoms with Crippen LogP contribution in [0.15, 0.2) is 12.1 Å². The summed E-state index contributed by atoms with van der Waals surface area (Å²) >= 11 is 2.91. The van der Waals surface area contributed by atoms with Crippen LogP contribution in [0.25, 0.3) is 0 Å². The molecule has 0 N–H and O–H groups in total. The Bertz CT molecular complexity index is 611. The van der Waals surface area contributed by atoms with E-state index in [4.69, 9.17) is 11.6 Å². The lowest BCUT2D eigenvalue weighted by Gasteiger charge is -2.19. The monoisotopic (exact) mass is 302 g/mol. The van der Waals surface area contributed by atoms with E-state index < -0.39 is 26.0 Å². The van der Waals surface area contributed by atoms with Crippen molar-refractivity contribution >= 4 is 33.6 Å². The van der Waals surface area contributed by atoms with E-state index >= 15 is 0 Å². The lowest BCUT2D eigenvalue weighted by Crippen LogP contribution is -2.16. The quantitative estimate of drug-likeness (QED) is 0.367. The fraction of sp³-hybridized carbons (Fsp3) is 0.364.